The molecule has 0 atom stereocenters. The molecule has 72 valence electrons. The number of phenolic OH excluding ortho intramolecular Hbond substituents is 1. The first-order valence-corrected chi connectivity index (χ1v) is 3.93. The van der Waals surface area contributed by atoms with Crippen LogP contribution in [0.4, 0.5) is 13.2 Å². The normalized spacial score (nSPS) is 10.5. The van der Waals surface area contributed by atoms with Gasteiger partial charge in [-0.15, -0.1) is 0 Å². The molecular weight excluding hydrogens is 253 g/mol. The lowest BCUT2D eigenvalue weighted by Gasteiger charge is -2.07. The Kier molecular flexibility index (Phi) is 3.02. The van der Waals surface area contributed by atoms with Gasteiger partial charge in [0.25, 0.3) is 0 Å². The fraction of sp³-hybridized carbons (Fsp3) is 0.143. The molecule has 1 rings (SSSR count). The van der Waals surface area contributed by atoms with E-state index in [9.17, 15) is 13.2 Å². The number of benzene rings is 1. The third-order valence-corrected chi connectivity index (χ3v) is 1.67. The number of ether oxygens (including phenoxy) is 1. The van der Waals surface area contributed by atoms with E-state index in [0.29, 0.717) is 0 Å². The van der Waals surface area contributed by atoms with Crippen LogP contribution in [0, 0.1) is 5.82 Å². The van der Waals surface area contributed by atoms with Gasteiger partial charge in [-0.1, -0.05) is 15.9 Å². The lowest BCUT2D eigenvalue weighted by atomic mass is 10.3. The SMILES string of the molecule is Oc1c(F)cc(Br)cc1OC(F)F. The topological polar surface area (TPSA) is 29.5 Å². The first-order chi connectivity index (χ1) is 6.00. The highest BCUT2D eigenvalue weighted by Gasteiger charge is 2.13. The smallest absolute Gasteiger partial charge is 0.387 e. The zero-order valence-corrected chi connectivity index (χ0v) is 7.69. The number of phenols is 1. The van der Waals surface area contributed by atoms with Crippen molar-refractivity contribution in [3.63, 3.8) is 0 Å². The molecule has 0 aliphatic heterocycles. The van der Waals surface area contributed by atoms with Gasteiger partial charge >= 0.3 is 6.61 Å². The quantitative estimate of drug-likeness (QED) is 0.882. The molecule has 0 aliphatic rings. The van der Waals surface area contributed by atoms with E-state index in [0.717, 1.165) is 12.1 Å². The van der Waals surface area contributed by atoms with Crippen LogP contribution in [0.3, 0.4) is 0 Å². The van der Waals surface area contributed by atoms with Gasteiger partial charge in [-0.05, 0) is 12.1 Å². The van der Waals surface area contributed by atoms with Crippen LogP contribution in [0.2, 0.25) is 0 Å². The van der Waals surface area contributed by atoms with Crippen molar-refractivity contribution in [2.24, 2.45) is 0 Å². The van der Waals surface area contributed by atoms with Gasteiger partial charge in [-0.2, -0.15) is 8.78 Å². The standard InChI is InChI=1S/C7H4BrF3O2/c8-3-1-4(9)6(12)5(2-3)13-7(10)11/h1-2,7,12H. The van der Waals surface area contributed by atoms with Crippen LogP contribution in [-0.4, -0.2) is 11.7 Å². The maximum Gasteiger partial charge on any atom is 0.387 e. The van der Waals surface area contributed by atoms with Gasteiger partial charge in [-0.3, -0.25) is 0 Å². The van der Waals surface area contributed by atoms with Crippen LogP contribution in [-0.2, 0) is 0 Å². The molecular formula is C7H4BrF3O2. The Balaban J connectivity index is 3.05. The summed E-state index contributed by atoms with van der Waals surface area (Å²) in [7, 11) is 0. The van der Waals surface area contributed by atoms with Crippen molar-refractivity contribution in [3.8, 4) is 11.5 Å². The van der Waals surface area contributed by atoms with Gasteiger partial charge in [0.1, 0.15) is 0 Å². The van der Waals surface area contributed by atoms with Crippen molar-refractivity contribution in [3.05, 3.63) is 22.4 Å². The lowest BCUT2D eigenvalue weighted by Crippen LogP contribution is -2.02. The number of aromatic hydroxyl groups is 1. The molecule has 13 heavy (non-hydrogen) atoms. The molecule has 0 bridgehead atoms. The van der Waals surface area contributed by atoms with E-state index >= 15 is 0 Å². The number of alkyl halides is 2. The monoisotopic (exact) mass is 256 g/mol. The van der Waals surface area contributed by atoms with E-state index in [-0.39, 0.29) is 4.47 Å². The summed E-state index contributed by atoms with van der Waals surface area (Å²) in [6.45, 7) is -3.10. The molecule has 0 saturated carbocycles. The highest BCUT2D eigenvalue weighted by atomic mass is 79.9. The van der Waals surface area contributed by atoms with Crippen molar-refractivity contribution < 1.29 is 23.0 Å². The first-order valence-electron chi connectivity index (χ1n) is 3.13. The average molecular weight is 257 g/mol. The Morgan fingerprint density at radius 3 is 2.54 bits per heavy atom. The summed E-state index contributed by atoms with van der Waals surface area (Å²) in [6.07, 6.45) is 0. The first kappa shape index (κ1) is 10.2. The van der Waals surface area contributed by atoms with Gasteiger partial charge in [0, 0.05) is 4.47 Å². The third-order valence-electron chi connectivity index (χ3n) is 1.21. The van der Waals surface area contributed by atoms with Crippen LogP contribution >= 0.6 is 15.9 Å². The summed E-state index contributed by atoms with van der Waals surface area (Å²) < 4.78 is 40.1. The Morgan fingerprint density at radius 2 is 2.00 bits per heavy atom. The molecule has 0 unspecified atom stereocenters. The highest BCUT2D eigenvalue weighted by Crippen LogP contribution is 2.33. The molecule has 1 aromatic carbocycles. The van der Waals surface area contributed by atoms with E-state index in [4.69, 9.17) is 5.11 Å². The van der Waals surface area contributed by atoms with Gasteiger partial charge in [0.05, 0.1) is 0 Å². The predicted octanol–water partition coefficient (Wildman–Crippen LogP) is 2.90. The van der Waals surface area contributed by atoms with E-state index in [1.54, 1.807) is 0 Å². The number of hydrogen-bond acceptors (Lipinski definition) is 2. The summed E-state index contributed by atoms with van der Waals surface area (Å²) in [5.74, 6) is -2.55. The summed E-state index contributed by atoms with van der Waals surface area (Å²) in [5.41, 5.74) is 0. The van der Waals surface area contributed by atoms with Crippen molar-refractivity contribution in [1.82, 2.24) is 0 Å². The second-order valence-electron chi connectivity index (χ2n) is 2.11. The lowest BCUT2D eigenvalue weighted by molar-refractivity contribution is -0.0515. The Hall–Kier alpha value is -0.910. The largest absolute Gasteiger partial charge is 0.502 e. The molecule has 1 N–H and O–H groups in total. The molecule has 6 heteroatoms. The number of halogens is 4. The van der Waals surface area contributed by atoms with Crippen LogP contribution in [0.1, 0.15) is 0 Å². The molecule has 0 amide bonds. The Bertz CT molecular complexity index is 317. The second-order valence-corrected chi connectivity index (χ2v) is 3.03. The van der Waals surface area contributed by atoms with Gasteiger partial charge < -0.3 is 9.84 Å². The minimum absolute atomic E-state index is 0.207. The van der Waals surface area contributed by atoms with Crippen LogP contribution in [0.5, 0.6) is 11.5 Å². The number of hydrogen-bond donors (Lipinski definition) is 1. The highest BCUT2D eigenvalue weighted by molar-refractivity contribution is 9.10. The van der Waals surface area contributed by atoms with E-state index in [2.05, 4.69) is 20.7 Å². The molecule has 1 aromatic rings. The molecule has 0 aromatic heterocycles. The third kappa shape index (κ3) is 2.51. The van der Waals surface area contributed by atoms with Crippen LogP contribution in [0.25, 0.3) is 0 Å². The minimum Gasteiger partial charge on any atom is -0.502 e. The Labute approximate surface area is 80.1 Å². The Morgan fingerprint density at radius 1 is 1.38 bits per heavy atom. The van der Waals surface area contributed by atoms with Gasteiger partial charge in [0.2, 0.25) is 0 Å². The maximum absolute atomic E-state index is 12.7. The van der Waals surface area contributed by atoms with Crippen molar-refractivity contribution in [1.29, 1.82) is 0 Å². The van der Waals surface area contributed by atoms with E-state index in [1.807, 2.05) is 0 Å². The average Bonchev–Trinajstić information content (AvgIpc) is 1.98. The van der Waals surface area contributed by atoms with Gasteiger partial charge in [0.15, 0.2) is 17.3 Å². The summed E-state index contributed by atoms with van der Waals surface area (Å²) in [4.78, 5) is 0. The number of rotatable bonds is 2. The molecule has 0 radical (unpaired) electrons. The zero-order valence-electron chi connectivity index (χ0n) is 6.10. The molecule has 0 aliphatic carbocycles. The molecule has 0 spiro atoms. The summed E-state index contributed by atoms with van der Waals surface area (Å²) >= 11 is 2.86. The minimum atomic E-state index is -3.10. The predicted molar refractivity (Wildman–Crippen MR) is 42.4 cm³/mol. The summed E-state index contributed by atoms with van der Waals surface area (Å²) in [5, 5.41) is 8.92. The van der Waals surface area contributed by atoms with Crippen molar-refractivity contribution in [2.45, 2.75) is 6.61 Å². The van der Waals surface area contributed by atoms with Crippen molar-refractivity contribution >= 4 is 15.9 Å². The van der Waals surface area contributed by atoms with E-state index < -0.39 is 23.9 Å². The zero-order chi connectivity index (χ0) is 10.0. The van der Waals surface area contributed by atoms with Crippen LogP contribution in [0.15, 0.2) is 16.6 Å². The molecule has 2 nitrogen and oxygen atoms in total. The van der Waals surface area contributed by atoms with E-state index in [1.165, 1.54) is 0 Å². The summed E-state index contributed by atoms with van der Waals surface area (Å²) in [6, 6.07) is 1.98. The van der Waals surface area contributed by atoms with Crippen LogP contribution < -0.4 is 4.74 Å². The molecule has 0 saturated heterocycles. The molecule has 0 fully saturated rings. The fourth-order valence-corrected chi connectivity index (χ4v) is 1.14. The fourth-order valence-electron chi connectivity index (χ4n) is 0.728. The second kappa shape index (κ2) is 3.87. The maximum atomic E-state index is 12.7. The van der Waals surface area contributed by atoms with Crippen molar-refractivity contribution in [2.75, 3.05) is 0 Å². The molecule has 0 heterocycles. The van der Waals surface area contributed by atoms with Gasteiger partial charge in [-0.25, -0.2) is 4.39 Å².